The number of rotatable bonds is 12. The fourth-order valence-corrected chi connectivity index (χ4v) is 6.56. The van der Waals surface area contributed by atoms with Gasteiger partial charge < -0.3 is 19.9 Å². The quantitative estimate of drug-likeness (QED) is 0.367. The lowest BCUT2D eigenvalue weighted by Gasteiger charge is -2.11. The lowest BCUT2D eigenvalue weighted by molar-refractivity contribution is -0.139. The van der Waals surface area contributed by atoms with E-state index in [0.29, 0.717) is 52.8 Å². The summed E-state index contributed by atoms with van der Waals surface area (Å²) in [6.45, 7) is 4.56. The van der Waals surface area contributed by atoms with Crippen molar-refractivity contribution >= 4 is 37.2 Å². The van der Waals surface area contributed by atoms with Gasteiger partial charge in [0.1, 0.15) is 28.1 Å². The third kappa shape index (κ3) is 6.66. The fourth-order valence-electron chi connectivity index (χ4n) is 3.33. The van der Waals surface area contributed by atoms with E-state index >= 15 is 0 Å². The molecule has 2 N–H and O–H groups in total. The number of sulfone groups is 1. The molecule has 0 bridgehead atoms. The SMILES string of the molecule is Cc1cc(OCCNCCCS(=O)(=O)c2sc3ccc(F)cc3c2C)ccc1OCC(=O)O. The summed E-state index contributed by atoms with van der Waals surface area (Å²) in [5.74, 6) is -0.285. The van der Waals surface area contributed by atoms with Gasteiger partial charge in [-0.05, 0) is 79.7 Å². The molecule has 3 rings (SSSR count). The molecule has 7 nitrogen and oxygen atoms in total. The summed E-state index contributed by atoms with van der Waals surface area (Å²) in [4.78, 5) is 10.6. The molecule has 1 aromatic heterocycles. The molecular weight excluding hydrogens is 469 g/mol. The minimum Gasteiger partial charge on any atom is -0.492 e. The van der Waals surface area contributed by atoms with Crippen molar-refractivity contribution in [1.29, 1.82) is 0 Å². The zero-order valence-corrected chi connectivity index (χ0v) is 20.0. The van der Waals surface area contributed by atoms with Crippen LogP contribution in [0.1, 0.15) is 17.5 Å². The van der Waals surface area contributed by atoms with Gasteiger partial charge in [0.15, 0.2) is 16.4 Å². The molecule has 10 heteroatoms. The van der Waals surface area contributed by atoms with Crippen LogP contribution in [-0.4, -0.2) is 51.5 Å². The Kier molecular flexibility index (Phi) is 8.28. The predicted octanol–water partition coefficient (Wildman–Crippen LogP) is 3.95. The Hall–Kier alpha value is -2.69. The van der Waals surface area contributed by atoms with E-state index in [0.717, 1.165) is 10.3 Å². The van der Waals surface area contributed by atoms with Gasteiger partial charge in [0.05, 0.1) is 5.75 Å². The van der Waals surface area contributed by atoms with Crippen LogP contribution in [0.2, 0.25) is 0 Å². The number of halogens is 1. The maximum Gasteiger partial charge on any atom is 0.341 e. The van der Waals surface area contributed by atoms with Gasteiger partial charge in [-0.15, -0.1) is 11.3 Å². The van der Waals surface area contributed by atoms with Crippen molar-refractivity contribution in [2.24, 2.45) is 0 Å². The largest absolute Gasteiger partial charge is 0.492 e. The van der Waals surface area contributed by atoms with Crippen molar-refractivity contribution in [1.82, 2.24) is 5.32 Å². The molecule has 0 spiro atoms. The van der Waals surface area contributed by atoms with Crippen molar-refractivity contribution in [3.05, 3.63) is 53.3 Å². The zero-order chi connectivity index (χ0) is 24.0. The van der Waals surface area contributed by atoms with Crippen LogP contribution in [0.15, 0.2) is 40.6 Å². The third-order valence-electron chi connectivity index (χ3n) is 4.95. The van der Waals surface area contributed by atoms with E-state index in [1.165, 1.54) is 23.5 Å². The number of fused-ring (bicyclic) bond motifs is 1. The van der Waals surface area contributed by atoms with Crippen LogP contribution in [0.5, 0.6) is 11.5 Å². The minimum atomic E-state index is -3.44. The topological polar surface area (TPSA) is 102 Å². The second-order valence-corrected chi connectivity index (χ2v) is 10.9. The van der Waals surface area contributed by atoms with E-state index in [9.17, 15) is 17.6 Å². The highest BCUT2D eigenvalue weighted by Gasteiger charge is 2.21. The minimum absolute atomic E-state index is 0.00794. The zero-order valence-electron chi connectivity index (χ0n) is 18.4. The number of thiophene rings is 1. The van der Waals surface area contributed by atoms with Gasteiger partial charge >= 0.3 is 5.97 Å². The maximum absolute atomic E-state index is 13.5. The molecule has 0 saturated carbocycles. The first-order chi connectivity index (χ1) is 15.7. The molecule has 0 atom stereocenters. The highest BCUT2D eigenvalue weighted by Crippen LogP contribution is 2.35. The Morgan fingerprint density at radius 2 is 1.91 bits per heavy atom. The van der Waals surface area contributed by atoms with Crippen LogP contribution in [0.3, 0.4) is 0 Å². The average molecular weight is 496 g/mol. The summed E-state index contributed by atoms with van der Waals surface area (Å²) in [6.07, 6.45) is 0.444. The molecule has 3 aromatic rings. The van der Waals surface area contributed by atoms with Crippen molar-refractivity contribution in [2.45, 2.75) is 24.5 Å². The second kappa shape index (κ2) is 11.0. The summed E-state index contributed by atoms with van der Waals surface area (Å²) in [5.41, 5.74) is 1.37. The molecule has 2 aromatic carbocycles. The van der Waals surface area contributed by atoms with Crippen molar-refractivity contribution in [3.63, 3.8) is 0 Å². The van der Waals surface area contributed by atoms with Gasteiger partial charge in [-0.3, -0.25) is 0 Å². The molecule has 33 heavy (non-hydrogen) atoms. The summed E-state index contributed by atoms with van der Waals surface area (Å²) < 4.78 is 50.9. The number of aliphatic carboxylic acids is 1. The van der Waals surface area contributed by atoms with Crippen LogP contribution < -0.4 is 14.8 Å². The molecule has 0 aliphatic carbocycles. The van der Waals surface area contributed by atoms with Crippen LogP contribution in [0.25, 0.3) is 10.1 Å². The van der Waals surface area contributed by atoms with E-state index in [1.54, 1.807) is 38.1 Å². The van der Waals surface area contributed by atoms with Gasteiger partial charge in [0, 0.05) is 11.2 Å². The number of carbonyl (C=O) groups is 1. The molecular formula is C23H26FNO6S2. The highest BCUT2D eigenvalue weighted by molar-refractivity contribution is 7.93. The number of hydrogen-bond donors (Lipinski definition) is 2. The van der Waals surface area contributed by atoms with Crippen molar-refractivity contribution in [3.8, 4) is 11.5 Å². The molecule has 0 radical (unpaired) electrons. The average Bonchev–Trinajstić information content (AvgIpc) is 3.09. The smallest absolute Gasteiger partial charge is 0.341 e. The maximum atomic E-state index is 13.5. The van der Waals surface area contributed by atoms with Crippen molar-refractivity contribution in [2.75, 3.05) is 32.1 Å². The van der Waals surface area contributed by atoms with E-state index in [4.69, 9.17) is 14.6 Å². The monoisotopic (exact) mass is 495 g/mol. The number of hydrogen-bond acceptors (Lipinski definition) is 7. The Balaban J connectivity index is 1.41. The molecule has 178 valence electrons. The number of aryl methyl sites for hydroxylation is 2. The van der Waals surface area contributed by atoms with Gasteiger partial charge in [-0.25, -0.2) is 17.6 Å². The normalized spacial score (nSPS) is 11.6. The summed E-state index contributed by atoms with van der Waals surface area (Å²) >= 11 is 1.18. The molecule has 0 amide bonds. The predicted molar refractivity (Wildman–Crippen MR) is 126 cm³/mol. The Bertz CT molecular complexity index is 1240. The first kappa shape index (κ1) is 24.9. The van der Waals surface area contributed by atoms with Crippen LogP contribution >= 0.6 is 11.3 Å². The second-order valence-electron chi connectivity index (χ2n) is 7.54. The summed E-state index contributed by atoms with van der Waals surface area (Å²) in [7, 11) is -3.44. The van der Waals surface area contributed by atoms with Gasteiger partial charge in [0.25, 0.3) is 0 Å². The number of carboxylic acid groups (broad SMARTS) is 1. The lowest BCUT2D eigenvalue weighted by atomic mass is 10.2. The molecule has 0 saturated heterocycles. The first-order valence-corrected chi connectivity index (χ1v) is 12.8. The van der Waals surface area contributed by atoms with E-state index in [1.807, 2.05) is 0 Å². The number of ether oxygens (including phenoxy) is 2. The lowest BCUT2D eigenvalue weighted by Crippen LogP contribution is -2.23. The van der Waals surface area contributed by atoms with Crippen LogP contribution in [0, 0.1) is 19.7 Å². The Morgan fingerprint density at radius 1 is 1.12 bits per heavy atom. The van der Waals surface area contributed by atoms with E-state index in [-0.39, 0.29) is 11.6 Å². The first-order valence-electron chi connectivity index (χ1n) is 10.4. The van der Waals surface area contributed by atoms with Crippen LogP contribution in [0.4, 0.5) is 4.39 Å². The van der Waals surface area contributed by atoms with Crippen molar-refractivity contribution < 1.29 is 32.2 Å². The van der Waals surface area contributed by atoms with Crippen LogP contribution in [-0.2, 0) is 14.6 Å². The number of benzene rings is 2. The van der Waals surface area contributed by atoms with Gasteiger partial charge in [0.2, 0.25) is 0 Å². The van der Waals surface area contributed by atoms with E-state index < -0.39 is 22.4 Å². The van der Waals surface area contributed by atoms with Gasteiger partial charge in [-0.1, -0.05) is 0 Å². The molecule has 1 heterocycles. The Morgan fingerprint density at radius 3 is 2.64 bits per heavy atom. The van der Waals surface area contributed by atoms with Gasteiger partial charge in [-0.2, -0.15) is 0 Å². The summed E-state index contributed by atoms with van der Waals surface area (Å²) in [5, 5.41) is 12.5. The third-order valence-corrected chi connectivity index (χ3v) is 8.73. The standard InChI is InChI=1S/C23H26FNO6S2/c1-15-12-18(5-6-20(15)31-14-22(26)27)30-10-9-25-8-3-11-33(28,29)23-16(2)19-13-17(24)4-7-21(19)32-23/h4-7,12-13,25H,3,8-11,14H2,1-2H3,(H,26,27). The number of nitrogens with one attached hydrogen (secondary N) is 1. The molecule has 0 aliphatic rings. The molecule has 0 fully saturated rings. The molecule has 0 unspecified atom stereocenters. The summed E-state index contributed by atoms with van der Waals surface area (Å²) in [6, 6.07) is 9.46. The van der Waals surface area contributed by atoms with E-state index in [2.05, 4.69) is 5.32 Å². The molecule has 0 aliphatic heterocycles. The highest BCUT2D eigenvalue weighted by atomic mass is 32.2. The number of carboxylic acids is 1. The Labute approximate surface area is 196 Å². The fraction of sp³-hybridized carbons (Fsp3) is 0.348.